The van der Waals surface area contributed by atoms with Gasteiger partial charge in [-0.3, -0.25) is 9.59 Å². The van der Waals surface area contributed by atoms with Crippen molar-refractivity contribution in [2.24, 2.45) is 0 Å². The van der Waals surface area contributed by atoms with Crippen molar-refractivity contribution >= 4 is 17.9 Å². The number of carbonyl (C=O) groups is 2. The van der Waals surface area contributed by atoms with Crippen LogP contribution in [0.15, 0.2) is 42.5 Å². The van der Waals surface area contributed by atoms with Crippen molar-refractivity contribution in [3.8, 4) is 5.75 Å². The zero-order valence-electron chi connectivity index (χ0n) is 14.7. The summed E-state index contributed by atoms with van der Waals surface area (Å²) in [5, 5.41) is 0. The number of amides is 1. The van der Waals surface area contributed by atoms with Gasteiger partial charge in [-0.15, -0.1) is 0 Å². The highest BCUT2D eigenvalue weighted by Gasteiger charge is 2.23. The van der Waals surface area contributed by atoms with Crippen LogP contribution in [0, 0.1) is 0 Å². The lowest BCUT2D eigenvalue weighted by Gasteiger charge is -2.30. The first-order valence-corrected chi connectivity index (χ1v) is 8.70. The van der Waals surface area contributed by atoms with Gasteiger partial charge in [0.25, 0.3) is 5.91 Å². The summed E-state index contributed by atoms with van der Waals surface area (Å²) in [5.41, 5.74) is 3.95. The Hall–Kier alpha value is -2.62. The molecule has 0 atom stereocenters. The van der Waals surface area contributed by atoms with E-state index >= 15 is 0 Å². The van der Waals surface area contributed by atoms with Crippen LogP contribution in [0.5, 0.6) is 5.75 Å². The second-order valence-corrected chi connectivity index (χ2v) is 6.64. The molecule has 0 bridgehead atoms. The number of anilines is 1. The molecule has 0 fully saturated rings. The quantitative estimate of drug-likeness (QED) is 0.775. The van der Waals surface area contributed by atoms with E-state index in [4.69, 9.17) is 4.74 Å². The number of ether oxygens (including phenoxy) is 1. The molecule has 0 saturated heterocycles. The van der Waals surface area contributed by atoms with E-state index in [1.54, 1.807) is 29.2 Å². The van der Waals surface area contributed by atoms with Gasteiger partial charge in [0.1, 0.15) is 5.75 Å². The second kappa shape index (κ2) is 7.51. The Morgan fingerprint density at radius 3 is 2.80 bits per heavy atom. The van der Waals surface area contributed by atoms with E-state index in [1.165, 1.54) is 11.1 Å². The maximum atomic E-state index is 12.7. The van der Waals surface area contributed by atoms with Gasteiger partial charge in [-0.1, -0.05) is 38.1 Å². The third-order valence-electron chi connectivity index (χ3n) is 4.59. The minimum absolute atomic E-state index is 0.0732. The summed E-state index contributed by atoms with van der Waals surface area (Å²) >= 11 is 0. The smallest absolute Gasteiger partial charge is 0.264 e. The van der Waals surface area contributed by atoms with Crippen molar-refractivity contribution in [3.63, 3.8) is 0 Å². The van der Waals surface area contributed by atoms with Gasteiger partial charge in [0.15, 0.2) is 12.9 Å². The Morgan fingerprint density at radius 1 is 1.24 bits per heavy atom. The number of aldehydes is 1. The predicted molar refractivity (Wildman–Crippen MR) is 98.5 cm³/mol. The Bertz CT molecular complexity index is 782. The molecule has 2 aromatic carbocycles. The predicted octanol–water partition coefficient (Wildman–Crippen LogP) is 3.98. The van der Waals surface area contributed by atoms with Crippen LogP contribution in [0.2, 0.25) is 0 Å². The van der Waals surface area contributed by atoms with E-state index in [2.05, 4.69) is 26.0 Å². The summed E-state index contributed by atoms with van der Waals surface area (Å²) in [6, 6.07) is 13.3. The minimum atomic E-state index is -0.0843. The first-order valence-electron chi connectivity index (χ1n) is 8.70. The molecule has 0 aliphatic carbocycles. The second-order valence-electron chi connectivity index (χ2n) is 6.64. The van der Waals surface area contributed by atoms with Crippen molar-refractivity contribution in [2.45, 2.75) is 32.6 Å². The van der Waals surface area contributed by atoms with Crippen LogP contribution >= 0.6 is 0 Å². The summed E-state index contributed by atoms with van der Waals surface area (Å²) < 4.78 is 5.60. The van der Waals surface area contributed by atoms with Crippen molar-refractivity contribution in [2.75, 3.05) is 18.1 Å². The van der Waals surface area contributed by atoms with Crippen LogP contribution < -0.4 is 9.64 Å². The summed E-state index contributed by atoms with van der Waals surface area (Å²) in [7, 11) is 0. The van der Waals surface area contributed by atoms with Crippen molar-refractivity contribution in [3.05, 3.63) is 59.2 Å². The fraction of sp³-hybridized carbons (Fsp3) is 0.333. The Labute approximate surface area is 148 Å². The van der Waals surface area contributed by atoms with Gasteiger partial charge in [-0.2, -0.15) is 0 Å². The van der Waals surface area contributed by atoms with Gasteiger partial charge >= 0.3 is 0 Å². The first-order chi connectivity index (χ1) is 12.1. The van der Waals surface area contributed by atoms with Crippen LogP contribution in [0.3, 0.4) is 0 Å². The van der Waals surface area contributed by atoms with Gasteiger partial charge in [-0.05, 0) is 48.1 Å². The number of para-hydroxylation sites is 1. The SMILES string of the molecule is CC(C)c1ccc2c(c1)CCCN2C(=O)COc1ccccc1C=O. The Kier molecular flexibility index (Phi) is 5.17. The molecular weight excluding hydrogens is 314 g/mol. The average molecular weight is 337 g/mol. The number of nitrogens with zero attached hydrogens (tertiary/aromatic N) is 1. The van der Waals surface area contributed by atoms with Crippen LogP contribution in [-0.4, -0.2) is 25.3 Å². The number of carbonyl (C=O) groups excluding carboxylic acids is 2. The summed E-state index contributed by atoms with van der Waals surface area (Å²) in [6.07, 6.45) is 2.68. The zero-order chi connectivity index (χ0) is 17.8. The number of aryl methyl sites for hydroxylation is 1. The molecule has 4 nitrogen and oxygen atoms in total. The molecule has 0 saturated carbocycles. The highest BCUT2D eigenvalue weighted by Crippen LogP contribution is 2.30. The minimum Gasteiger partial charge on any atom is -0.483 e. The molecular formula is C21H23NO3. The van der Waals surface area contributed by atoms with E-state index in [1.807, 2.05) is 6.07 Å². The molecule has 1 aliphatic heterocycles. The van der Waals surface area contributed by atoms with Gasteiger partial charge in [0.05, 0.1) is 5.56 Å². The molecule has 1 heterocycles. The lowest BCUT2D eigenvalue weighted by Crippen LogP contribution is -2.38. The monoisotopic (exact) mass is 337 g/mol. The molecule has 0 unspecified atom stereocenters. The number of benzene rings is 2. The molecule has 1 aliphatic rings. The molecule has 0 spiro atoms. The largest absolute Gasteiger partial charge is 0.483 e. The lowest BCUT2D eigenvalue weighted by atomic mass is 9.95. The number of hydrogen-bond acceptors (Lipinski definition) is 3. The maximum absolute atomic E-state index is 12.7. The van der Waals surface area contributed by atoms with Crippen LogP contribution in [0.25, 0.3) is 0 Å². The van der Waals surface area contributed by atoms with Gasteiger partial charge < -0.3 is 9.64 Å². The third-order valence-corrected chi connectivity index (χ3v) is 4.59. The van der Waals surface area contributed by atoms with Crippen molar-refractivity contribution in [1.82, 2.24) is 0 Å². The van der Waals surface area contributed by atoms with Crippen molar-refractivity contribution < 1.29 is 14.3 Å². The Balaban J connectivity index is 1.75. The molecule has 0 aromatic heterocycles. The van der Waals surface area contributed by atoms with E-state index in [9.17, 15) is 9.59 Å². The number of fused-ring (bicyclic) bond motifs is 1. The highest BCUT2D eigenvalue weighted by atomic mass is 16.5. The summed E-state index contributed by atoms with van der Waals surface area (Å²) in [5.74, 6) is 0.830. The normalized spacial score (nSPS) is 13.5. The van der Waals surface area contributed by atoms with Crippen LogP contribution in [0.1, 0.15) is 47.7 Å². The molecule has 2 aromatic rings. The van der Waals surface area contributed by atoms with E-state index in [0.717, 1.165) is 24.8 Å². The molecule has 0 radical (unpaired) electrons. The molecule has 0 N–H and O–H groups in total. The standard InChI is InChI=1S/C21H23NO3/c1-15(2)16-9-10-19-17(12-16)7-5-11-22(19)21(24)14-25-20-8-4-3-6-18(20)13-23/h3-4,6,8-10,12-13,15H,5,7,11,14H2,1-2H3. The lowest BCUT2D eigenvalue weighted by molar-refractivity contribution is -0.120. The van der Waals surface area contributed by atoms with E-state index in [-0.39, 0.29) is 12.5 Å². The molecule has 25 heavy (non-hydrogen) atoms. The number of rotatable bonds is 5. The molecule has 4 heteroatoms. The number of hydrogen-bond donors (Lipinski definition) is 0. The molecule has 130 valence electrons. The fourth-order valence-corrected chi connectivity index (χ4v) is 3.16. The van der Waals surface area contributed by atoms with E-state index < -0.39 is 0 Å². The van der Waals surface area contributed by atoms with Gasteiger partial charge in [0.2, 0.25) is 0 Å². The fourth-order valence-electron chi connectivity index (χ4n) is 3.16. The van der Waals surface area contributed by atoms with E-state index in [0.29, 0.717) is 23.8 Å². The summed E-state index contributed by atoms with van der Waals surface area (Å²) in [6.45, 7) is 4.97. The maximum Gasteiger partial charge on any atom is 0.264 e. The highest BCUT2D eigenvalue weighted by molar-refractivity contribution is 5.95. The first kappa shape index (κ1) is 17.2. The Morgan fingerprint density at radius 2 is 2.04 bits per heavy atom. The topological polar surface area (TPSA) is 46.6 Å². The van der Waals surface area contributed by atoms with Crippen molar-refractivity contribution in [1.29, 1.82) is 0 Å². The average Bonchev–Trinajstić information content (AvgIpc) is 2.65. The summed E-state index contributed by atoms with van der Waals surface area (Å²) in [4.78, 5) is 25.5. The molecule has 1 amide bonds. The van der Waals surface area contributed by atoms with Gasteiger partial charge in [-0.25, -0.2) is 0 Å². The van der Waals surface area contributed by atoms with Gasteiger partial charge in [0, 0.05) is 12.2 Å². The van der Waals surface area contributed by atoms with Crippen LogP contribution in [0.4, 0.5) is 5.69 Å². The zero-order valence-corrected chi connectivity index (χ0v) is 14.7. The molecule has 3 rings (SSSR count). The third kappa shape index (κ3) is 3.73. The van der Waals surface area contributed by atoms with Crippen LogP contribution in [-0.2, 0) is 11.2 Å².